The van der Waals surface area contributed by atoms with Gasteiger partial charge >= 0.3 is 0 Å². The molecule has 1 aromatic heterocycles. The second kappa shape index (κ2) is 8.64. The van der Waals surface area contributed by atoms with Gasteiger partial charge in [-0.05, 0) is 79.8 Å². The number of ether oxygens (including phenoxy) is 1. The quantitative estimate of drug-likeness (QED) is 0.340. The van der Waals surface area contributed by atoms with Crippen molar-refractivity contribution in [3.63, 3.8) is 0 Å². The average Bonchev–Trinajstić information content (AvgIpc) is 3.19. The Balaban J connectivity index is 1.48. The summed E-state index contributed by atoms with van der Waals surface area (Å²) in [4.78, 5) is 17.8. The summed E-state index contributed by atoms with van der Waals surface area (Å²) in [5.74, 6) is 0.476. The number of nitrogens with zero attached hydrogens (tertiary/aromatic N) is 1. The summed E-state index contributed by atoms with van der Waals surface area (Å²) in [6.45, 7) is 12.1. The van der Waals surface area contributed by atoms with E-state index in [-0.39, 0.29) is 11.3 Å². The molecule has 1 N–H and O–H groups in total. The molecular formula is C28H30N2O2S. The summed E-state index contributed by atoms with van der Waals surface area (Å²) < 4.78 is 7.21. The molecule has 0 aliphatic carbocycles. The standard InChI is InChI=1S/C28H30N2O2S/c1-18-17-19(25-29-23-9-7-8-10-24(23)33-25)11-16-22(18)30-26(31)28(5,6)32-21-14-12-20(13-15-21)27(2,3)4/h7-17H,1-6H3,(H,30,31). The zero-order valence-electron chi connectivity index (χ0n) is 20.0. The number of aromatic nitrogens is 1. The van der Waals surface area contributed by atoms with Crippen LogP contribution in [0.3, 0.4) is 0 Å². The fraction of sp³-hybridized carbons (Fsp3) is 0.286. The first-order valence-corrected chi connectivity index (χ1v) is 11.9. The topological polar surface area (TPSA) is 51.2 Å². The maximum atomic E-state index is 13.0. The van der Waals surface area contributed by atoms with Gasteiger partial charge in [0.1, 0.15) is 10.8 Å². The third-order valence-electron chi connectivity index (χ3n) is 5.66. The van der Waals surface area contributed by atoms with Crippen LogP contribution in [-0.4, -0.2) is 16.5 Å². The van der Waals surface area contributed by atoms with Crippen LogP contribution in [0.4, 0.5) is 5.69 Å². The van der Waals surface area contributed by atoms with Gasteiger partial charge in [0.25, 0.3) is 5.91 Å². The number of amides is 1. The Morgan fingerprint density at radius 1 is 0.939 bits per heavy atom. The molecule has 33 heavy (non-hydrogen) atoms. The molecule has 4 nitrogen and oxygen atoms in total. The van der Waals surface area contributed by atoms with Crippen molar-refractivity contribution < 1.29 is 9.53 Å². The van der Waals surface area contributed by atoms with Crippen LogP contribution < -0.4 is 10.1 Å². The fourth-order valence-electron chi connectivity index (χ4n) is 3.57. The van der Waals surface area contributed by atoms with E-state index in [4.69, 9.17) is 9.72 Å². The normalized spacial score (nSPS) is 12.1. The lowest BCUT2D eigenvalue weighted by Gasteiger charge is -2.26. The van der Waals surface area contributed by atoms with Crippen LogP contribution >= 0.6 is 11.3 Å². The van der Waals surface area contributed by atoms with Crippen LogP contribution in [0, 0.1) is 6.92 Å². The molecule has 0 saturated carbocycles. The first kappa shape index (κ1) is 23.0. The first-order chi connectivity index (χ1) is 15.5. The number of carbonyl (C=O) groups is 1. The number of anilines is 1. The molecular weight excluding hydrogens is 428 g/mol. The number of nitrogens with one attached hydrogen (secondary N) is 1. The van der Waals surface area contributed by atoms with Crippen molar-refractivity contribution in [2.45, 2.75) is 52.6 Å². The van der Waals surface area contributed by atoms with Crippen molar-refractivity contribution in [3.05, 3.63) is 77.9 Å². The van der Waals surface area contributed by atoms with Gasteiger partial charge < -0.3 is 10.1 Å². The van der Waals surface area contributed by atoms with Gasteiger partial charge in [0, 0.05) is 11.3 Å². The zero-order valence-corrected chi connectivity index (χ0v) is 20.8. The van der Waals surface area contributed by atoms with Crippen molar-refractivity contribution in [2.24, 2.45) is 0 Å². The highest BCUT2D eigenvalue weighted by atomic mass is 32.1. The maximum Gasteiger partial charge on any atom is 0.267 e. The van der Waals surface area contributed by atoms with Gasteiger partial charge in [-0.2, -0.15) is 0 Å². The van der Waals surface area contributed by atoms with Crippen LogP contribution in [0.25, 0.3) is 20.8 Å². The van der Waals surface area contributed by atoms with E-state index in [2.05, 4.69) is 38.2 Å². The summed E-state index contributed by atoms with van der Waals surface area (Å²) in [6.07, 6.45) is 0. The molecule has 1 amide bonds. The summed E-state index contributed by atoms with van der Waals surface area (Å²) in [5, 5.41) is 4.00. The van der Waals surface area contributed by atoms with Crippen molar-refractivity contribution in [1.29, 1.82) is 0 Å². The predicted octanol–water partition coefficient (Wildman–Crippen LogP) is 7.37. The molecule has 170 valence electrons. The van der Waals surface area contributed by atoms with E-state index in [0.29, 0.717) is 5.75 Å². The van der Waals surface area contributed by atoms with Gasteiger partial charge in [-0.3, -0.25) is 4.79 Å². The highest BCUT2D eigenvalue weighted by Gasteiger charge is 2.30. The van der Waals surface area contributed by atoms with Crippen LogP contribution in [0.2, 0.25) is 0 Å². The summed E-state index contributed by atoms with van der Waals surface area (Å²) in [5.41, 5.74) is 4.06. The Morgan fingerprint density at radius 2 is 1.64 bits per heavy atom. The molecule has 3 aromatic carbocycles. The lowest BCUT2D eigenvalue weighted by Crippen LogP contribution is -2.42. The minimum Gasteiger partial charge on any atom is -0.478 e. The van der Waals surface area contributed by atoms with Crippen molar-refractivity contribution in [1.82, 2.24) is 4.98 Å². The molecule has 0 saturated heterocycles. The van der Waals surface area contributed by atoms with Crippen LogP contribution in [-0.2, 0) is 10.2 Å². The van der Waals surface area contributed by atoms with Gasteiger partial charge in [-0.25, -0.2) is 4.98 Å². The molecule has 0 spiro atoms. The predicted molar refractivity (Wildman–Crippen MR) is 138 cm³/mol. The Hall–Kier alpha value is -3.18. The van der Waals surface area contributed by atoms with Crippen LogP contribution in [0.5, 0.6) is 5.75 Å². The number of hydrogen-bond donors (Lipinski definition) is 1. The van der Waals surface area contributed by atoms with Crippen LogP contribution in [0.15, 0.2) is 66.7 Å². The van der Waals surface area contributed by atoms with E-state index in [1.807, 2.05) is 61.5 Å². The van der Waals surface area contributed by atoms with Gasteiger partial charge in [0.15, 0.2) is 5.60 Å². The molecule has 0 aliphatic rings. The number of aryl methyl sites for hydroxylation is 1. The highest BCUT2D eigenvalue weighted by molar-refractivity contribution is 7.21. The molecule has 0 atom stereocenters. The second-order valence-electron chi connectivity index (χ2n) is 9.86. The Morgan fingerprint density at radius 3 is 2.27 bits per heavy atom. The average molecular weight is 459 g/mol. The lowest BCUT2D eigenvalue weighted by molar-refractivity contribution is -0.128. The Kier molecular flexibility index (Phi) is 6.02. The molecule has 0 unspecified atom stereocenters. The first-order valence-electron chi connectivity index (χ1n) is 11.1. The maximum absolute atomic E-state index is 13.0. The highest BCUT2D eigenvalue weighted by Crippen LogP contribution is 2.32. The number of fused-ring (bicyclic) bond motifs is 1. The Labute approximate surface area is 199 Å². The largest absolute Gasteiger partial charge is 0.478 e. The van der Waals surface area contributed by atoms with E-state index in [1.165, 1.54) is 5.56 Å². The van der Waals surface area contributed by atoms with Crippen molar-refractivity contribution in [2.75, 3.05) is 5.32 Å². The molecule has 0 aliphatic heterocycles. The summed E-state index contributed by atoms with van der Waals surface area (Å²) in [6, 6.07) is 22.1. The van der Waals surface area contributed by atoms with Gasteiger partial charge in [-0.1, -0.05) is 45.0 Å². The fourth-order valence-corrected chi connectivity index (χ4v) is 4.53. The van der Waals surface area contributed by atoms with E-state index in [1.54, 1.807) is 25.2 Å². The van der Waals surface area contributed by atoms with E-state index in [0.717, 1.165) is 32.0 Å². The number of benzene rings is 3. The molecule has 0 fully saturated rings. The monoisotopic (exact) mass is 458 g/mol. The third-order valence-corrected chi connectivity index (χ3v) is 6.74. The molecule has 0 radical (unpaired) electrons. The van der Waals surface area contributed by atoms with Gasteiger partial charge in [0.05, 0.1) is 10.2 Å². The molecule has 5 heteroatoms. The molecule has 0 bridgehead atoms. The number of para-hydroxylation sites is 1. The minimum absolute atomic E-state index is 0.0699. The smallest absolute Gasteiger partial charge is 0.267 e. The van der Waals surface area contributed by atoms with E-state index in [9.17, 15) is 4.79 Å². The van der Waals surface area contributed by atoms with Crippen LogP contribution in [0.1, 0.15) is 45.7 Å². The molecule has 4 aromatic rings. The summed E-state index contributed by atoms with van der Waals surface area (Å²) >= 11 is 1.67. The van der Waals surface area contributed by atoms with E-state index < -0.39 is 5.60 Å². The van der Waals surface area contributed by atoms with Gasteiger partial charge in [0.2, 0.25) is 0 Å². The lowest BCUT2D eigenvalue weighted by atomic mass is 9.87. The number of rotatable bonds is 5. The van der Waals surface area contributed by atoms with Crippen molar-refractivity contribution >= 4 is 33.1 Å². The summed E-state index contributed by atoms with van der Waals surface area (Å²) in [7, 11) is 0. The number of hydrogen-bond acceptors (Lipinski definition) is 4. The van der Waals surface area contributed by atoms with E-state index >= 15 is 0 Å². The zero-order chi connectivity index (χ0) is 23.8. The van der Waals surface area contributed by atoms with Crippen molar-refractivity contribution in [3.8, 4) is 16.3 Å². The molecule has 4 rings (SSSR count). The molecule has 1 heterocycles. The van der Waals surface area contributed by atoms with Gasteiger partial charge in [-0.15, -0.1) is 11.3 Å². The number of carbonyl (C=O) groups excluding carboxylic acids is 1. The SMILES string of the molecule is Cc1cc(-c2nc3ccccc3s2)ccc1NC(=O)C(C)(C)Oc1ccc(C(C)(C)C)cc1. The number of thiazole rings is 1. The Bertz CT molecular complexity index is 1260. The third kappa shape index (κ3) is 5.09. The minimum atomic E-state index is -1.03. The second-order valence-corrected chi connectivity index (χ2v) is 10.9.